The third kappa shape index (κ3) is 5.71. The van der Waals surface area contributed by atoms with Crippen molar-refractivity contribution < 1.29 is 4.74 Å². The number of nitrogens with zero attached hydrogens (tertiary/aromatic N) is 3. The highest BCUT2D eigenvalue weighted by atomic mass is 16.5. The molecule has 6 nitrogen and oxygen atoms in total. The summed E-state index contributed by atoms with van der Waals surface area (Å²) >= 11 is 0. The molecule has 0 unspecified atom stereocenters. The molecular formula is C14H26N4O2. The van der Waals surface area contributed by atoms with Crippen LogP contribution in [-0.2, 0) is 11.3 Å². The normalized spacial score (nSPS) is 10.8. The summed E-state index contributed by atoms with van der Waals surface area (Å²) in [6.07, 6.45) is 2.72. The molecule has 0 aromatic carbocycles. The van der Waals surface area contributed by atoms with Crippen molar-refractivity contribution in [2.75, 3.05) is 44.8 Å². The van der Waals surface area contributed by atoms with Gasteiger partial charge >= 0.3 is 0 Å². The molecule has 0 aliphatic rings. The average molecular weight is 282 g/mol. The summed E-state index contributed by atoms with van der Waals surface area (Å²) in [6.45, 7) is 8.64. The first-order valence-electron chi connectivity index (χ1n) is 7.25. The van der Waals surface area contributed by atoms with Gasteiger partial charge in [0.05, 0.1) is 18.4 Å². The molecule has 1 aromatic heterocycles. The number of aromatic nitrogens is 2. The molecule has 0 spiro atoms. The quantitative estimate of drug-likeness (QED) is 0.641. The molecule has 0 saturated heterocycles. The topological polar surface area (TPSA) is 59.4 Å². The van der Waals surface area contributed by atoms with E-state index in [9.17, 15) is 4.79 Å². The van der Waals surface area contributed by atoms with Crippen LogP contribution in [-0.4, -0.2) is 49.7 Å². The summed E-state index contributed by atoms with van der Waals surface area (Å²) in [5.41, 5.74) is 0.803. The molecule has 0 atom stereocenters. The van der Waals surface area contributed by atoms with E-state index < -0.39 is 0 Å². The third-order valence-electron chi connectivity index (χ3n) is 3.12. The van der Waals surface area contributed by atoms with Crippen LogP contribution in [0.3, 0.4) is 0 Å². The average Bonchev–Trinajstić information content (AvgIpc) is 2.46. The van der Waals surface area contributed by atoms with Gasteiger partial charge in [0, 0.05) is 39.4 Å². The first-order valence-corrected chi connectivity index (χ1v) is 7.25. The van der Waals surface area contributed by atoms with Crippen LogP contribution >= 0.6 is 0 Å². The van der Waals surface area contributed by atoms with Crippen molar-refractivity contribution in [1.82, 2.24) is 15.1 Å². The van der Waals surface area contributed by atoms with Gasteiger partial charge in [-0.1, -0.05) is 0 Å². The van der Waals surface area contributed by atoms with E-state index in [0.29, 0.717) is 6.54 Å². The fourth-order valence-electron chi connectivity index (χ4n) is 1.74. The fraction of sp³-hybridized carbons (Fsp3) is 0.714. The van der Waals surface area contributed by atoms with E-state index in [2.05, 4.69) is 10.4 Å². The van der Waals surface area contributed by atoms with Gasteiger partial charge in [0.15, 0.2) is 0 Å². The largest absolute Gasteiger partial charge is 0.382 e. The van der Waals surface area contributed by atoms with Crippen molar-refractivity contribution in [1.29, 1.82) is 0 Å². The molecule has 0 aliphatic carbocycles. The number of anilines is 1. The minimum absolute atomic E-state index is 0.0566. The lowest BCUT2D eigenvalue weighted by Gasteiger charge is -2.16. The second-order valence-electron chi connectivity index (χ2n) is 4.59. The molecule has 0 bridgehead atoms. The lowest BCUT2D eigenvalue weighted by Crippen LogP contribution is -2.30. The van der Waals surface area contributed by atoms with Crippen LogP contribution in [0.2, 0.25) is 0 Å². The molecule has 0 radical (unpaired) electrons. The molecule has 0 saturated carbocycles. The summed E-state index contributed by atoms with van der Waals surface area (Å²) < 4.78 is 6.74. The van der Waals surface area contributed by atoms with E-state index >= 15 is 0 Å². The van der Waals surface area contributed by atoms with E-state index in [4.69, 9.17) is 4.74 Å². The lowest BCUT2D eigenvalue weighted by molar-refractivity contribution is 0.144. The molecule has 1 heterocycles. The second-order valence-corrected chi connectivity index (χ2v) is 4.59. The SMILES string of the molecule is CCOCCCNCCn1ncc(N(C)CC)cc1=O. The van der Waals surface area contributed by atoms with Gasteiger partial charge in [-0.15, -0.1) is 0 Å². The molecule has 1 aromatic rings. The highest BCUT2D eigenvalue weighted by Gasteiger charge is 2.02. The van der Waals surface area contributed by atoms with Gasteiger partial charge < -0.3 is 15.0 Å². The van der Waals surface area contributed by atoms with Crippen LogP contribution in [0.4, 0.5) is 5.69 Å². The summed E-state index contributed by atoms with van der Waals surface area (Å²) in [4.78, 5) is 13.9. The zero-order valence-electron chi connectivity index (χ0n) is 12.8. The smallest absolute Gasteiger partial charge is 0.268 e. The van der Waals surface area contributed by atoms with E-state index in [-0.39, 0.29) is 5.56 Å². The van der Waals surface area contributed by atoms with Crippen LogP contribution in [0.5, 0.6) is 0 Å². The maximum Gasteiger partial charge on any atom is 0.268 e. The van der Waals surface area contributed by atoms with Crippen molar-refractivity contribution in [2.24, 2.45) is 0 Å². The Bertz CT molecular complexity index is 433. The lowest BCUT2D eigenvalue weighted by atomic mass is 10.4. The Morgan fingerprint density at radius 3 is 2.85 bits per heavy atom. The molecule has 1 rings (SSSR count). The Labute approximate surface area is 120 Å². The number of nitrogens with one attached hydrogen (secondary N) is 1. The van der Waals surface area contributed by atoms with Gasteiger partial charge in [-0.25, -0.2) is 4.68 Å². The van der Waals surface area contributed by atoms with Crippen LogP contribution in [0.25, 0.3) is 0 Å². The second kappa shape index (κ2) is 9.50. The maximum absolute atomic E-state index is 11.9. The Kier molecular flexibility index (Phi) is 7.91. The van der Waals surface area contributed by atoms with Gasteiger partial charge in [-0.3, -0.25) is 4.79 Å². The van der Waals surface area contributed by atoms with Gasteiger partial charge in [0.1, 0.15) is 0 Å². The van der Waals surface area contributed by atoms with E-state index in [1.165, 1.54) is 4.68 Å². The zero-order valence-corrected chi connectivity index (χ0v) is 12.8. The number of hydrogen-bond acceptors (Lipinski definition) is 5. The van der Waals surface area contributed by atoms with E-state index in [1.807, 2.05) is 25.8 Å². The monoisotopic (exact) mass is 282 g/mol. The number of rotatable bonds is 10. The predicted molar refractivity (Wildman–Crippen MR) is 81.4 cm³/mol. The van der Waals surface area contributed by atoms with Crippen molar-refractivity contribution in [3.8, 4) is 0 Å². The van der Waals surface area contributed by atoms with Crippen LogP contribution in [0, 0.1) is 0 Å². The Hall–Kier alpha value is -1.40. The molecule has 1 N–H and O–H groups in total. The molecular weight excluding hydrogens is 256 g/mol. The first kappa shape index (κ1) is 16.7. The minimum atomic E-state index is -0.0566. The predicted octanol–water partition coefficient (Wildman–Crippen LogP) is 0.716. The summed E-state index contributed by atoms with van der Waals surface area (Å²) in [7, 11) is 1.95. The summed E-state index contributed by atoms with van der Waals surface area (Å²) in [6, 6.07) is 1.63. The Morgan fingerprint density at radius 2 is 2.20 bits per heavy atom. The Morgan fingerprint density at radius 1 is 1.40 bits per heavy atom. The van der Waals surface area contributed by atoms with Crippen molar-refractivity contribution >= 4 is 5.69 Å². The van der Waals surface area contributed by atoms with Crippen LogP contribution in [0.1, 0.15) is 20.3 Å². The van der Waals surface area contributed by atoms with Gasteiger partial charge in [0.2, 0.25) is 0 Å². The van der Waals surface area contributed by atoms with Crippen LogP contribution < -0.4 is 15.8 Å². The van der Waals surface area contributed by atoms with E-state index in [1.54, 1.807) is 12.3 Å². The highest BCUT2D eigenvalue weighted by Crippen LogP contribution is 2.05. The summed E-state index contributed by atoms with van der Waals surface area (Å²) in [5.74, 6) is 0. The van der Waals surface area contributed by atoms with Gasteiger partial charge in [-0.05, 0) is 26.8 Å². The zero-order chi connectivity index (χ0) is 14.8. The highest BCUT2D eigenvalue weighted by molar-refractivity contribution is 5.41. The van der Waals surface area contributed by atoms with Crippen molar-refractivity contribution in [3.05, 3.63) is 22.6 Å². The molecule has 6 heteroatoms. The Balaban J connectivity index is 2.32. The maximum atomic E-state index is 11.9. The molecule has 0 aliphatic heterocycles. The van der Waals surface area contributed by atoms with Crippen molar-refractivity contribution in [3.63, 3.8) is 0 Å². The minimum Gasteiger partial charge on any atom is -0.382 e. The van der Waals surface area contributed by atoms with Crippen molar-refractivity contribution in [2.45, 2.75) is 26.8 Å². The molecule has 20 heavy (non-hydrogen) atoms. The molecule has 114 valence electrons. The number of ether oxygens (including phenoxy) is 1. The van der Waals surface area contributed by atoms with Gasteiger partial charge in [-0.2, -0.15) is 5.10 Å². The third-order valence-corrected chi connectivity index (χ3v) is 3.12. The first-order chi connectivity index (χ1) is 9.69. The standard InChI is InChI=1S/C14H26N4O2/c1-4-17(3)13-11-14(19)18(16-12-13)9-8-15-7-6-10-20-5-2/h11-12,15H,4-10H2,1-3H3. The molecule has 0 fully saturated rings. The molecule has 0 amide bonds. The van der Waals surface area contributed by atoms with Crippen LogP contribution in [0.15, 0.2) is 17.1 Å². The van der Waals surface area contributed by atoms with E-state index in [0.717, 1.165) is 45.0 Å². The summed E-state index contributed by atoms with van der Waals surface area (Å²) in [5, 5.41) is 7.47. The number of hydrogen-bond donors (Lipinski definition) is 1. The fourth-order valence-corrected chi connectivity index (χ4v) is 1.74. The van der Waals surface area contributed by atoms with Gasteiger partial charge in [0.25, 0.3) is 5.56 Å².